The molecule has 0 atom stereocenters. The van der Waals surface area contributed by atoms with Crippen LogP contribution in [0.3, 0.4) is 0 Å². The molecule has 68 valence electrons. The summed E-state index contributed by atoms with van der Waals surface area (Å²) in [5.41, 5.74) is 2.31. The van der Waals surface area contributed by atoms with E-state index in [-0.39, 0.29) is 5.43 Å². The number of hydrogen-bond donors (Lipinski definition) is 0. The van der Waals surface area contributed by atoms with E-state index in [2.05, 4.69) is 6.07 Å². The zero-order valence-corrected chi connectivity index (χ0v) is 7.92. The Bertz CT molecular complexity index is 364. The maximum atomic E-state index is 11.3. The molecule has 0 aliphatic heterocycles. The lowest BCUT2D eigenvalue weighted by Gasteiger charge is -2.24. The molecular weight excluding hydrogens is 160 g/mol. The van der Waals surface area contributed by atoms with Crippen LogP contribution < -0.4 is 5.43 Å². The molecule has 0 bridgehead atoms. The molecule has 1 saturated carbocycles. The monoisotopic (exact) mass is 174 g/mol. The van der Waals surface area contributed by atoms with E-state index in [9.17, 15) is 4.79 Å². The lowest BCUT2D eigenvalue weighted by Crippen LogP contribution is -2.07. The van der Waals surface area contributed by atoms with Crippen molar-refractivity contribution in [1.29, 1.82) is 0 Å². The Labute approximate surface area is 78.4 Å². The molecule has 0 heterocycles. The molecule has 1 aliphatic rings. The molecule has 0 aromatic heterocycles. The van der Waals surface area contributed by atoms with Crippen LogP contribution in [0.1, 0.15) is 36.3 Å². The third kappa shape index (κ3) is 1.64. The second kappa shape index (κ2) is 3.33. The lowest BCUT2D eigenvalue weighted by atomic mass is 9.81. The summed E-state index contributed by atoms with van der Waals surface area (Å²) in [6.45, 7) is 1.87. The second-order valence-electron chi connectivity index (χ2n) is 3.84. The summed E-state index contributed by atoms with van der Waals surface area (Å²) in [5.74, 6) is 0.714. The van der Waals surface area contributed by atoms with Gasteiger partial charge in [-0.15, -0.1) is 0 Å². The first-order chi connectivity index (χ1) is 6.27. The van der Waals surface area contributed by atoms with Gasteiger partial charge in [0.05, 0.1) is 0 Å². The Hall–Kier alpha value is -1.11. The van der Waals surface area contributed by atoms with Crippen molar-refractivity contribution in [1.82, 2.24) is 0 Å². The van der Waals surface area contributed by atoms with Crippen LogP contribution in [0.15, 0.2) is 29.1 Å². The number of hydrogen-bond acceptors (Lipinski definition) is 1. The van der Waals surface area contributed by atoms with Gasteiger partial charge in [-0.05, 0) is 42.9 Å². The Kier molecular flexibility index (Phi) is 2.17. The molecule has 13 heavy (non-hydrogen) atoms. The SMILES string of the molecule is Cc1ccc(C2CCC2)ccc1=O. The van der Waals surface area contributed by atoms with Crippen LogP contribution in [0.4, 0.5) is 0 Å². The molecular formula is C12H14O. The van der Waals surface area contributed by atoms with Crippen molar-refractivity contribution in [3.8, 4) is 0 Å². The summed E-state index contributed by atoms with van der Waals surface area (Å²) in [5, 5.41) is 0. The highest BCUT2D eigenvalue weighted by Crippen LogP contribution is 2.35. The minimum atomic E-state index is 0.144. The first-order valence-corrected chi connectivity index (χ1v) is 4.88. The fourth-order valence-electron chi connectivity index (χ4n) is 1.68. The highest BCUT2D eigenvalue weighted by atomic mass is 16.1. The van der Waals surface area contributed by atoms with Crippen LogP contribution in [0.5, 0.6) is 0 Å². The zero-order valence-electron chi connectivity index (χ0n) is 7.92. The van der Waals surface area contributed by atoms with Crippen LogP contribution in [-0.4, -0.2) is 0 Å². The van der Waals surface area contributed by atoms with E-state index in [0.29, 0.717) is 5.92 Å². The Morgan fingerprint density at radius 3 is 2.46 bits per heavy atom. The standard InChI is InChI=1S/C12H14O/c1-9-5-6-11(7-8-12(9)13)10-3-2-4-10/h5-8,10H,2-4H2,1H3. The van der Waals surface area contributed by atoms with Gasteiger partial charge in [-0.1, -0.05) is 24.6 Å². The Morgan fingerprint density at radius 1 is 1.15 bits per heavy atom. The van der Waals surface area contributed by atoms with Crippen LogP contribution in [-0.2, 0) is 0 Å². The molecule has 1 fully saturated rings. The number of rotatable bonds is 1. The van der Waals surface area contributed by atoms with E-state index >= 15 is 0 Å². The summed E-state index contributed by atoms with van der Waals surface area (Å²) in [7, 11) is 0. The van der Waals surface area contributed by atoms with Crippen LogP contribution in [0.25, 0.3) is 0 Å². The second-order valence-corrected chi connectivity index (χ2v) is 3.84. The predicted octanol–water partition coefficient (Wildman–Crippen LogP) is 2.62. The Morgan fingerprint density at radius 2 is 1.85 bits per heavy atom. The molecule has 0 amide bonds. The van der Waals surface area contributed by atoms with Gasteiger partial charge in [-0.3, -0.25) is 4.79 Å². The molecule has 1 nitrogen and oxygen atoms in total. The van der Waals surface area contributed by atoms with E-state index in [4.69, 9.17) is 0 Å². The van der Waals surface area contributed by atoms with Crippen LogP contribution in [0.2, 0.25) is 0 Å². The first-order valence-electron chi connectivity index (χ1n) is 4.88. The molecule has 1 aliphatic carbocycles. The van der Waals surface area contributed by atoms with Gasteiger partial charge in [0.1, 0.15) is 0 Å². The van der Waals surface area contributed by atoms with Gasteiger partial charge >= 0.3 is 0 Å². The van der Waals surface area contributed by atoms with Gasteiger partial charge in [0.2, 0.25) is 0 Å². The molecule has 2 rings (SSSR count). The summed E-state index contributed by atoms with van der Waals surface area (Å²) < 4.78 is 0. The highest BCUT2D eigenvalue weighted by molar-refractivity contribution is 5.23. The summed E-state index contributed by atoms with van der Waals surface area (Å²) in [6, 6.07) is 7.72. The normalized spacial score (nSPS) is 16.7. The molecule has 0 unspecified atom stereocenters. The quantitative estimate of drug-likeness (QED) is 0.639. The maximum Gasteiger partial charge on any atom is 0.181 e. The van der Waals surface area contributed by atoms with Crippen molar-refractivity contribution in [2.75, 3.05) is 0 Å². The average Bonchev–Trinajstić information content (AvgIpc) is 2.16. The molecule has 0 radical (unpaired) electrons. The van der Waals surface area contributed by atoms with E-state index < -0.39 is 0 Å². The number of aryl methyl sites for hydroxylation is 1. The van der Waals surface area contributed by atoms with Gasteiger partial charge in [-0.25, -0.2) is 0 Å². The van der Waals surface area contributed by atoms with E-state index in [1.807, 2.05) is 19.1 Å². The highest BCUT2D eigenvalue weighted by Gasteiger charge is 2.18. The summed E-state index contributed by atoms with van der Waals surface area (Å²) in [4.78, 5) is 11.3. The Balaban J connectivity index is 2.39. The van der Waals surface area contributed by atoms with E-state index in [1.165, 1.54) is 24.8 Å². The van der Waals surface area contributed by atoms with Crippen molar-refractivity contribution in [3.05, 3.63) is 45.6 Å². The summed E-state index contributed by atoms with van der Waals surface area (Å²) >= 11 is 0. The van der Waals surface area contributed by atoms with Crippen molar-refractivity contribution in [2.24, 2.45) is 0 Å². The fraction of sp³-hybridized carbons (Fsp3) is 0.417. The van der Waals surface area contributed by atoms with Gasteiger partial charge in [-0.2, -0.15) is 0 Å². The largest absolute Gasteiger partial charge is 0.290 e. The van der Waals surface area contributed by atoms with Gasteiger partial charge in [0.15, 0.2) is 5.43 Å². The summed E-state index contributed by atoms with van der Waals surface area (Å²) in [6.07, 6.45) is 3.92. The van der Waals surface area contributed by atoms with Crippen LogP contribution >= 0.6 is 0 Å². The van der Waals surface area contributed by atoms with Crippen molar-refractivity contribution < 1.29 is 0 Å². The van der Waals surface area contributed by atoms with Gasteiger partial charge in [0, 0.05) is 0 Å². The zero-order chi connectivity index (χ0) is 9.26. The third-order valence-corrected chi connectivity index (χ3v) is 2.92. The van der Waals surface area contributed by atoms with Crippen molar-refractivity contribution >= 4 is 0 Å². The molecule has 1 aromatic carbocycles. The smallest absolute Gasteiger partial charge is 0.181 e. The van der Waals surface area contributed by atoms with Crippen molar-refractivity contribution in [3.63, 3.8) is 0 Å². The molecule has 1 aromatic rings. The van der Waals surface area contributed by atoms with E-state index in [1.54, 1.807) is 6.07 Å². The lowest BCUT2D eigenvalue weighted by molar-refractivity contribution is 0.420. The molecule has 1 heteroatoms. The van der Waals surface area contributed by atoms with E-state index in [0.717, 1.165) is 5.56 Å². The molecule has 0 spiro atoms. The average molecular weight is 174 g/mol. The predicted molar refractivity (Wildman–Crippen MR) is 54.0 cm³/mol. The first kappa shape index (κ1) is 8.49. The maximum absolute atomic E-state index is 11.3. The fourth-order valence-corrected chi connectivity index (χ4v) is 1.68. The minimum absolute atomic E-state index is 0.144. The van der Waals surface area contributed by atoms with Crippen LogP contribution in [0, 0.1) is 6.92 Å². The van der Waals surface area contributed by atoms with Gasteiger partial charge in [0.25, 0.3) is 0 Å². The van der Waals surface area contributed by atoms with Gasteiger partial charge < -0.3 is 0 Å². The molecule has 0 saturated heterocycles. The third-order valence-electron chi connectivity index (χ3n) is 2.92. The van der Waals surface area contributed by atoms with Crippen molar-refractivity contribution in [2.45, 2.75) is 32.1 Å². The molecule has 0 N–H and O–H groups in total. The minimum Gasteiger partial charge on any atom is -0.290 e. The topological polar surface area (TPSA) is 17.1 Å².